The molecule has 2 aromatic rings. The number of nitrogens with zero attached hydrogens (tertiary/aromatic N) is 2. The minimum Gasteiger partial charge on any atom is -0.336 e. The minimum atomic E-state index is -0.339. The smallest absolute Gasteiger partial charge is 0.321 e. The minimum absolute atomic E-state index is 0.176. The summed E-state index contributed by atoms with van der Waals surface area (Å²) in [6, 6.07) is 13.5. The van der Waals surface area contributed by atoms with E-state index in [4.69, 9.17) is 0 Å². The number of benzene rings is 2. The monoisotopic (exact) mass is 307 g/mol. The second kappa shape index (κ2) is 4.95. The first-order chi connectivity index (χ1) is 11.2. The predicted molar refractivity (Wildman–Crippen MR) is 84.8 cm³/mol. The van der Waals surface area contributed by atoms with Gasteiger partial charge in [-0.05, 0) is 30.3 Å². The highest BCUT2D eigenvalue weighted by Gasteiger charge is 2.36. The summed E-state index contributed by atoms with van der Waals surface area (Å²) in [5.41, 5.74) is 1.94. The third kappa shape index (κ3) is 1.99. The average Bonchev–Trinajstić information content (AvgIpc) is 3.11. The lowest BCUT2D eigenvalue weighted by atomic mass is 10.1. The fourth-order valence-electron chi connectivity index (χ4n) is 2.94. The maximum absolute atomic E-state index is 12.5. The Morgan fingerprint density at radius 2 is 1.48 bits per heavy atom. The summed E-state index contributed by atoms with van der Waals surface area (Å²) in [6.45, 7) is 1.14. The number of hydrogen-bond donors (Lipinski definition) is 1. The number of carbonyl (C=O) groups is 3. The van der Waals surface area contributed by atoms with E-state index in [1.165, 1.54) is 0 Å². The second-order valence-corrected chi connectivity index (χ2v) is 5.39. The van der Waals surface area contributed by atoms with Crippen LogP contribution < -0.4 is 15.1 Å². The maximum atomic E-state index is 12.5. The van der Waals surface area contributed by atoms with Crippen molar-refractivity contribution in [3.8, 4) is 0 Å². The van der Waals surface area contributed by atoms with E-state index in [0.29, 0.717) is 35.6 Å². The Kier molecular flexibility index (Phi) is 2.90. The number of nitrogens with one attached hydrogen (secondary N) is 1. The Hall–Kier alpha value is -3.15. The molecule has 2 aliphatic rings. The van der Waals surface area contributed by atoms with Crippen molar-refractivity contribution in [3.63, 3.8) is 0 Å². The summed E-state index contributed by atoms with van der Waals surface area (Å²) in [7, 11) is 0. The van der Waals surface area contributed by atoms with Gasteiger partial charge in [0.1, 0.15) is 0 Å². The van der Waals surface area contributed by atoms with E-state index in [0.717, 1.165) is 4.90 Å². The van der Waals surface area contributed by atoms with Crippen molar-refractivity contribution in [2.75, 3.05) is 22.9 Å². The van der Waals surface area contributed by atoms with Crippen LogP contribution in [0.5, 0.6) is 0 Å². The molecule has 114 valence electrons. The molecule has 4 amide bonds. The van der Waals surface area contributed by atoms with Gasteiger partial charge in [-0.25, -0.2) is 9.69 Å². The lowest BCUT2D eigenvalue weighted by Crippen LogP contribution is -2.30. The molecule has 2 aromatic carbocycles. The fourth-order valence-corrected chi connectivity index (χ4v) is 2.94. The number of carbonyl (C=O) groups excluding carboxylic acids is 3. The number of amides is 4. The van der Waals surface area contributed by atoms with Crippen molar-refractivity contribution >= 4 is 29.2 Å². The van der Waals surface area contributed by atoms with E-state index in [1.54, 1.807) is 53.4 Å². The van der Waals surface area contributed by atoms with Gasteiger partial charge < -0.3 is 5.32 Å². The molecule has 2 heterocycles. The standard InChI is InChI=1S/C17H13N3O3/c21-15-13-6-1-2-7-14(13)16(22)20(15)12-5-3-4-11(10-12)19-9-8-18-17(19)23/h1-7,10H,8-9H2,(H,18,23). The molecule has 2 aliphatic heterocycles. The number of hydrogen-bond acceptors (Lipinski definition) is 3. The van der Waals surface area contributed by atoms with E-state index in [1.807, 2.05) is 0 Å². The molecule has 0 radical (unpaired) electrons. The summed E-state index contributed by atoms with van der Waals surface area (Å²) < 4.78 is 0. The van der Waals surface area contributed by atoms with E-state index >= 15 is 0 Å². The van der Waals surface area contributed by atoms with Gasteiger partial charge in [-0.1, -0.05) is 18.2 Å². The predicted octanol–water partition coefficient (Wildman–Crippen LogP) is 2.02. The molecule has 1 fully saturated rings. The van der Waals surface area contributed by atoms with Crippen LogP contribution in [0.3, 0.4) is 0 Å². The SMILES string of the molecule is O=C1NCCN1c1cccc(N2C(=O)c3ccccc3C2=O)c1. The zero-order chi connectivity index (χ0) is 16.0. The third-order valence-corrected chi connectivity index (χ3v) is 4.05. The van der Waals surface area contributed by atoms with Gasteiger partial charge in [0, 0.05) is 18.8 Å². The Labute approximate surface area is 132 Å². The first-order valence-electron chi connectivity index (χ1n) is 7.30. The van der Waals surface area contributed by atoms with Crippen LogP contribution in [0.2, 0.25) is 0 Å². The highest BCUT2D eigenvalue weighted by Crippen LogP contribution is 2.30. The molecule has 1 N–H and O–H groups in total. The van der Waals surface area contributed by atoms with Crippen molar-refractivity contribution < 1.29 is 14.4 Å². The number of fused-ring (bicyclic) bond motifs is 1. The largest absolute Gasteiger partial charge is 0.336 e. The van der Waals surface area contributed by atoms with E-state index in [2.05, 4.69) is 5.32 Å². The molecule has 6 heteroatoms. The van der Waals surface area contributed by atoms with Gasteiger partial charge >= 0.3 is 6.03 Å². The highest BCUT2D eigenvalue weighted by atomic mass is 16.2. The zero-order valence-corrected chi connectivity index (χ0v) is 12.2. The Morgan fingerprint density at radius 1 is 0.826 bits per heavy atom. The van der Waals surface area contributed by atoms with Crippen molar-refractivity contribution in [3.05, 3.63) is 59.7 Å². The van der Waals surface area contributed by atoms with Gasteiger partial charge in [-0.2, -0.15) is 0 Å². The lowest BCUT2D eigenvalue weighted by Gasteiger charge is -2.18. The Morgan fingerprint density at radius 3 is 2.09 bits per heavy atom. The molecule has 6 nitrogen and oxygen atoms in total. The topological polar surface area (TPSA) is 69.7 Å². The molecule has 0 unspecified atom stereocenters. The molecule has 0 bridgehead atoms. The van der Waals surface area contributed by atoms with Crippen LogP contribution in [0.25, 0.3) is 0 Å². The van der Waals surface area contributed by atoms with Gasteiger partial charge in [-0.3, -0.25) is 14.5 Å². The van der Waals surface area contributed by atoms with Crippen LogP contribution in [0.1, 0.15) is 20.7 Å². The molecule has 0 aliphatic carbocycles. The summed E-state index contributed by atoms with van der Waals surface area (Å²) in [6.07, 6.45) is 0. The molecule has 1 saturated heterocycles. The van der Waals surface area contributed by atoms with Gasteiger partial charge in [0.25, 0.3) is 11.8 Å². The molecular formula is C17H13N3O3. The molecule has 0 saturated carbocycles. The van der Waals surface area contributed by atoms with Crippen LogP contribution in [-0.2, 0) is 0 Å². The van der Waals surface area contributed by atoms with Crippen LogP contribution in [-0.4, -0.2) is 30.9 Å². The van der Waals surface area contributed by atoms with Crippen LogP contribution in [0, 0.1) is 0 Å². The van der Waals surface area contributed by atoms with E-state index in [-0.39, 0.29) is 17.8 Å². The second-order valence-electron chi connectivity index (χ2n) is 5.39. The third-order valence-electron chi connectivity index (χ3n) is 4.05. The van der Waals surface area contributed by atoms with Crippen molar-refractivity contribution in [1.82, 2.24) is 5.32 Å². The van der Waals surface area contributed by atoms with Crippen molar-refractivity contribution in [1.29, 1.82) is 0 Å². The molecular weight excluding hydrogens is 294 g/mol. The highest BCUT2D eigenvalue weighted by molar-refractivity contribution is 6.34. The summed E-state index contributed by atoms with van der Waals surface area (Å²) in [5, 5.41) is 2.73. The summed E-state index contributed by atoms with van der Waals surface area (Å²) >= 11 is 0. The molecule has 0 atom stereocenters. The average molecular weight is 307 g/mol. The van der Waals surface area contributed by atoms with Crippen LogP contribution >= 0.6 is 0 Å². The maximum Gasteiger partial charge on any atom is 0.321 e. The number of imide groups is 1. The van der Waals surface area contributed by atoms with Gasteiger partial charge in [0.15, 0.2) is 0 Å². The summed E-state index contributed by atoms with van der Waals surface area (Å²) in [4.78, 5) is 39.6. The number of rotatable bonds is 2. The molecule has 0 spiro atoms. The van der Waals surface area contributed by atoms with Crippen LogP contribution in [0.15, 0.2) is 48.5 Å². The Balaban J connectivity index is 1.74. The number of urea groups is 1. The zero-order valence-electron chi connectivity index (χ0n) is 12.2. The van der Waals surface area contributed by atoms with E-state index < -0.39 is 0 Å². The van der Waals surface area contributed by atoms with Crippen molar-refractivity contribution in [2.45, 2.75) is 0 Å². The normalized spacial score (nSPS) is 16.8. The van der Waals surface area contributed by atoms with Gasteiger partial charge in [0.2, 0.25) is 0 Å². The molecule has 4 rings (SSSR count). The fraction of sp³-hybridized carbons (Fsp3) is 0.118. The quantitative estimate of drug-likeness (QED) is 0.863. The lowest BCUT2D eigenvalue weighted by molar-refractivity contribution is 0.0926. The number of anilines is 2. The van der Waals surface area contributed by atoms with Gasteiger partial charge in [-0.15, -0.1) is 0 Å². The van der Waals surface area contributed by atoms with Crippen LogP contribution in [0.4, 0.5) is 16.2 Å². The molecule has 0 aromatic heterocycles. The summed E-state index contributed by atoms with van der Waals surface area (Å²) in [5.74, 6) is -0.678. The first-order valence-corrected chi connectivity index (χ1v) is 7.30. The molecule has 23 heavy (non-hydrogen) atoms. The Bertz CT molecular complexity index is 811. The van der Waals surface area contributed by atoms with Crippen molar-refractivity contribution in [2.24, 2.45) is 0 Å². The first kappa shape index (κ1) is 13.5. The van der Waals surface area contributed by atoms with Gasteiger partial charge in [0.05, 0.1) is 16.8 Å². The van der Waals surface area contributed by atoms with E-state index in [9.17, 15) is 14.4 Å².